The van der Waals surface area contributed by atoms with Gasteiger partial charge in [0.2, 0.25) is 0 Å². The van der Waals surface area contributed by atoms with Crippen LogP contribution in [0.25, 0.3) is 10.9 Å². The molecule has 1 aliphatic heterocycles. The van der Waals surface area contributed by atoms with Gasteiger partial charge in [-0.1, -0.05) is 18.2 Å². The molecule has 1 aromatic heterocycles. The third kappa shape index (κ3) is 3.53. The maximum Gasteiger partial charge on any atom is 0.332 e. The Bertz CT molecular complexity index is 1140. The van der Waals surface area contributed by atoms with Crippen LogP contribution in [-0.2, 0) is 11.3 Å². The predicted octanol–water partition coefficient (Wildman–Crippen LogP) is 2.58. The average Bonchev–Trinajstić information content (AvgIpc) is 2.77. The molecule has 1 fully saturated rings. The number of benzene rings is 2. The van der Waals surface area contributed by atoms with Crippen molar-refractivity contribution in [1.29, 1.82) is 0 Å². The zero-order valence-electron chi connectivity index (χ0n) is 16.6. The SMILES string of the molecule is COc1ccc(Cn2c(=O)c3ccccc3n(C3CCOCC3)c2=O)cc1OC. The van der Waals surface area contributed by atoms with E-state index in [9.17, 15) is 9.59 Å². The first-order valence-corrected chi connectivity index (χ1v) is 9.66. The fourth-order valence-corrected chi connectivity index (χ4v) is 3.93. The van der Waals surface area contributed by atoms with Crippen LogP contribution in [0.5, 0.6) is 11.5 Å². The Balaban J connectivity index is 1.87. The molecule has 0 N–H and O–H groups in total. The van der Waals surface area contributed by atoms with Crippen molar-refractivity contribution in [3.05, 3.63) is 68.9 Å². The number of ether oxygens (including phenoxy) is 3. The van der Waals surface area contributed by atoms with Gasteiger partial charge in [0, 0.05) is 19.3 Å². The van der Waals surface area contributed by atoms with E-state index in [0.717, 1.165) is 18.4 Å². The Kier molecular flexibility index (Phi) is 5.40. The van der Waals surface area contributed by atoms with Crippen molar-refractivity contribution < 1.29 is 14.2 Å². The lowest BCUT2D eigenvalue weighted by Gasteiger charge is -2.26. The molecule has 4 rings (SSSR count). The first kappa shape index (κ1) is 19.3. The molecule has 7 nitrogen and oxygen atoms in total. The van der Waals surface area contributed by atoms with Crippen molar-refractivity contribution in [2.75, 3.05) is 27.4 Å². The van der Waals surface area contributed by atoms with Crippen LogP contribution in [-0.4, -0.2) is 36.6 Å². The zero-order valence-corrected chi connectivity index (χ0v) is 16.6. The number of hydrogen-bond donors (Lipinski definition) is 0. The van der Waals surface area contributed by atoms with Crippen LogP contribution < -0.4 is 20.7 Å². The van der Waals surface area contributed by atoms with Crippen molar-refractivity contribution in [3.8, 4) is 11.5 Å². The number of nitrogens with zero attached hydrogens (tertiary/aromatic N) is 2. The van der Waals surface area contributed by atoms with E-state index < -0.39 is 0 Å². The Hall–Kier alpha value is -3.06. The fourth-order valence-electron chi connectivity index (χ4n) is 3.93. The molecule has 0 saturated carbocycles. The highest BCUT2D eigenvalue weighted by Crippen LogP contribution is 2.28. The number of aromatic nitrogens is 2. The summed E-state index contributed by atoms with van der Waals surface area (Å²) in [6.07, 6.45) is 1.50. The summed E-state index contributed by atoms with van der Waals surface area (Å²) in [6, 6.07) is 12.7. The lowest BCUT2D eigenvalue weighted by molar-refractivity contribution is 0.0691. The summed E-state index contributed by atoms with van der Waals surface area (Å²) in [5.74, 6) is 1.16. The zero-order chi connectivity index (χ0) is 20.4. The minimum atomic E-state index is -0.296. The maximum absolute atomic E-state index is 13.4. The molecule has 1 saturated heterocycles. The molecule has 0 radical (unpaired) electrons. The lowest BCUT2D eigenvalue weighted by atomic mass is 10.1. The van der Waals surface area contributed by atoms with Crippen LogP contribution in [0, 0.1) is 0 Å². The Morgan fingerprint density at radius 3 is 2.45 bits per heavy atom. The summed E-state index contributed by atoms with van der Waals surface area (Å²) in [7, 11) is 3.12. The Morgan fingerprint density at radius 2 is 1.72 bits per heavy atom. The van der Waals surface area contributed by atoms with Crippen LogP contribution in [0.3, 0.4) is 0 Å². The summed E-state index contributed by atoms with van der Waals surface area (Å²) in [6.45, 7) is 1.38. The Labute approximate surface area is 168 Å². The molecule has 0 spiro atoms. The third-order valence-electron chi connectivity index (χ3n) is 5.42. The molecule has 0 amide bonds. The second-order valence-electron chi connectivity index (χ2n) is 7.09. The average molecular weight is 396 g/mol. The summed E-state index contributed by atoms with van der Waals surface area (Å²) in [5.41, 5.74) is 0.882. The van der Waals surface area contributed by atoms with Crippen LogP contribution in [0.15, 0.2) is 52.1 Å². The van der Waals surface area contributed by atoms with Gasteiger partial charge >= 0.3 is 5.69 Å². The molecule has 1 aliphatic rings. The quantitative estimate of drug-likeness (QED) is 0.663. The van der Waals surface area contributed by atoms with Crippen LogP contribution in [0.4, 0.5) is 0 Å². The van der Waals surface area contributed by atoms with Gasteiger partial charge < -0.3 is 14.2 Å². The maximum atomic E-state index is 13.4. The molecule has 152 valence electrons. The van der Waals surface area contributed by atoms with E-state index in [0.29, 0.717) is 35.6 Å². The van der Waals surface area contributed by atoms with Crippen molar-refractivity contribution in [2.45, 2.75) is 25.4 Å². The van der Waals surface area contributed by atoms with Crippen LogP contribution in [0.1, 0.15) is 24.4 Å². The predicted molar refractivity (Wildman–Crippen MR) is 110 cm³/mol. The highest BCUT2D eigenvalue weighted by Gasteiger charge is 2.22. The molecule has 0 bridgehead atoms. The Morgan fingerprint density at radius 1 is 1.00 bits per heavy atom. The van der Waals surface area contributed by atoms with E-state index in [4.69, 9.17) is 14.2 Å². The molecule has 0 aliphatic carbocycles. The molecule has 29 heavy (non-hydrogen) atoms. The second-order valence-corrected chi connectivity index (χ2v) is 7.09. The first-order chi connectivity index (χ1) is 14.1. The molecule has 0 unspecified atom stereocenters. The minimum Gasteiger partial charge on any atom is -0.493 e. The molecule has 2 heterocycles. The number of hydrogen-bond acceptors (Lipinski definition) is 5. The normalized spacial score (nSPS) is 14.8. The van der Waals surface area contributed by atoms with E-state index >= 15 is 0 Å². The van der Waals surface area contributed by atoms with E-state index in [1.165, 1.54) is 4.57 Å². The molecule has 3 aromatic rings. The van der Waals surface area contributed by atoms with Crippen molar-refractivity contribution in [3.63, 3.8) is 0 Å². The number of fused-ring (bicyclic) bond motifs is 1. The van der Waals surface area contributed by atoms with Gasteiger partial charge in [0.05, 0.1) is 31.7 Å². The molecule has 7 heteroatoms. The van der Waals surface area contributed by atoms with Crippen molar-refractivity contribution in [1.82, 2.24) is 9.13 Å². The minimum absolute atomic E-state index is 0.0124. The third-order valence-corrected chi connectivity index (χ3v) is 5.42. The van der Waals surface area contributed by atoms with Gasteiger partial charge in [-0.2, -0.15) is 0 Å². The molecular formula is C22H24N2O5. The second kappa shape index (κ2) is 8.13. The van der Waals surface area contributed by atoms with E-state index in [-0.39, 0.29) is 23.8 Å². The number of para-hydroxylation sites is 1. The van der Waals surface area contributed by atoms with E-state index in [1.807, 2.05) is 24.3 Å². The van der Waals surface area contributed by atoms with Crippen molar-refractivity contribution >= 4 is 10.9 Å². The van der Waals surface area contributed by atoms with Crippen LogP contribution in [0.2, 0.25) is 0 Å². The summed E-state index contributed by atoms with van der Waals surface area (Å²) >= 11 is 0. The van der Waals surface area contributed by atoms with Gasteiger partial charge in [-0.15, -0.1) is 0 Å². The number of methoxy groups -OCH3 is 2. The summed E-state index contributed by atoms with van der Waals surface area (Å²) < 4.78 is 19.2. The van der Waals surface area contributed by atoms with Gasteiger partial charge in [0.1, 0.15) is 0 Å². The largest absolute Gasteiger partial charge is 0.493 e. The fraction of sp³-hybridized carbons (Fsp3) is 0.364. The highest BCUT2D eigenvalue weighted by molar-refractivity contribution is 5.78. The topological polar surface area (TPSA) is 71.7 Å². The van der Waals surface area contributed by atoms with Gasteiger partial charge in [0.15, 0.2) is 11.5 Å². The lowest BCUT2D eigenvalue weighted by Crippen LogP contribution is -2.42. The number of rotatable bonds is 5. The van der Waals surface area contributed by atoms with Crippen LogP contribution >= 0.6 is 0 Å². The van der Waals surface area contributed by atoms with Crippen molar-refractivity contribution in [2.24, 2.45) is 0 Å². The molecule has 0 atom stereocenters. The highest BCUT2D eigenvalue weighted by atomic mass is 16.5. The van der Waals surface area contributed by atoms with Gasteiger partial charge in [-0.05, 0) is 42.7 Å². The standard InChI is InChI=1S/C22H24N2O5/c1-27-19-8-7-15(13-20(19)28-2)14-23-21(25)17-5-3-4-6-18(17)24(22(23)26)16-9-11-29-12-10-16/h3-8,13,16H,9-12,14H2,1-2H3. The first-order valence-electron chi connectivity index (χ1n) is 9.66. The molecular weight excluding hydrogens is 372 g/mol. The summed E-state index contributed by atoms with van der Waals surface area (Å²) in [4.78, 5) is 26.5. The smallest absolute Gasteiger partial charge is 0.332 e. The monoisotopic (exact) mass is 396 g/mol. The van der Waals surface area contributed by atoms with E-state index in [2.05, 4.69) is 0 Å². The van der Waals surface area contributed by atoms with Gasteiger partial charge in [-0.3, -0.25) is 13.9 Å². The summed E-state index contributed by atoms with van der Waals surface area (Å²) in [5, 5.41) is 0.541. The van der Waals surface area contributed by atoms with E-state index in [1.54, 1.807) is 37.0 Å². The molecule has 2 aromatic carbocycles. The van der Waals surface area contributed by atoms with Gasteiger partial charge in [-0.25, -0.2) is 4.79 Å². The van der Waals surface area contributed by atoms with Gasteiger partial charge in [0.25, 0.3) is 5.56 Å².